The molecular weight excluding hydrogens is 301 g/mol. The highest BCUT2D eigenvalue weighted by Gasteiger charge is 2.21. The largest absolute Gasteiger partial charge is 0.480 e. The highest BCUT2D eigenvalue weighted by molar-refractivity contribution is 7.89. The van der Waals surface area contributed by atoms with Gasteiger partial charge in [-0.25, -0.2) is 17.9 Å². The molecule has 21 heavy (non-hydrogen) atoms. The third-order valence-corrected chi connectivity index (χ3v) is 4.23. The maximum atomic E-state index is 14.0. The Bertz CT molecular complexity index is 642. The van der Waals surface area contributed by atoms with Crippen LogP contribution in [0.3, 0.4) is 0 Å². The molecule has 0 atom stereocenters. The molecule has 1 saturated heterocycles. The molecule has 0 bridgehead atoms. The van der Waals surface area contributed by atoms with Gasteiger partial charge in [0.25, 0.3) is 0 Å². The number of aliphatic carboxylic acids is 1. The van der Waals surface area contributed by atoms with Crippen LogP contribution in [0.2, 0.25) is 0 Å². The Labute approximate surface area is 121 Å². The summed E-state index contributed by atoms with van der Waals surface area (Å²) >= 11 is 0. The van der Waals surface area contributed by atoms with E-state index in [0.29, 0.717) is 26.2 Å². The number of anilines is 1. The highest BCUT2D eigenvalue weighted by atomic mass is 32.2. The lowest BCUT2D eigenvalue weighted by atomic mass is 10.2. The summed E-state index contributed by atoms with van der Waals surface area (Å²) in [6.07, 6.45) is 0. The molecule has 1 heterocycles. The molecule has 0 saturated carbocycles. The fraction of sp³-hybridized carbons (Fsp3) is 0.417. The topological polar surface area (TPSA) is 104 Å². The number of rotatable bonds is 4. The second-order valence-electron chi connectivity index (χ2n) is 4.82. The van der Waals surface area contributed by atoms with Gasteiger partial charge in [-0.15, -0.1) is 0 Å². The first-order chi connectivity index (χ1) is 9.77. The Morgan fingerprint density at radius 3 is 2.38 bits per heavy atom. The summed E-state index contributed by atoms with van der Waals surface area (Å²) in [6.45, 7) is 1.91. The number of carboxylic acid groups (broad SMARTS) is 1. The van der Waals surface area contributed by atoms with E-state index in [9.17, 15) is 17.6 Å². The predicted octanol–water partition coefficient (Wildman–Crippen LogP) is -0.320. The first-order valence-corrected chi connectivity index (χ1v) is 7.83. The number of nitrogens with zero attached hydrogens (tertiary/aromatic N) is 2. The third kappa shape index (κ3) is 3.90. The average Bonchev–Trinajstić information content (AvgIpc) is 2.38. The van der Waals surface area contributed by atoms with Crippen molar-refractivity contribution >= 4 is 21.7 Å². The Balaban J connectivity index is 2.09. The minimum atomic E-state index is -3.93. The standard InChI is InChI=1S/C12H16FN3O4S/c13-10-7-9(21(14,19)20)1-2-11(10)16-5-3-15(4-6-16)8-12(17)18/h1-2,7H,3-6,8H2,(H,17,18)(H2,14,19,20). The second kappa shape index (κ2) is 5.96. The SMILES string of the molecule is NS(=O)(=O)c1ccc(N2CCN(CC(=O)O)CC2)c(F)c1. The van der Waals surface area contributed by atoms with E-state index in [-0.39, 0.29) is 17.1 Å². The van der Waals surface area contributed by atoms with Crippen molar-refractivity contribution < 1.29 is 22.7 Å². The lowest BCUT2D eigenvalue weighted by Crippen LogP contribution is -2.48. The van der Waals surface area contributed by atoms with Gasteiger partial charge in [0.05, 0.1) is 17.1 Å². The van der Waals surface area contributed by atoms with Gasteiger partial charge in [0.2, 0.25) is 10.0 Å². The van der Waals surface area contributed by atoms with Crippen LogP contribution < -0.4 is 10.0 Å². The molecule has 0 spiro atoms. The van der Waals surface area contributed by atoms with Crippen LogP contribution in [-0.2, 0) is 14.8 Å². The van der Waals surface area contributed by atoms with Crippen LogP contribution in [-0.4, -0.2) is 57.1 Å². The van der Waals surface area contributed by atoms with Gasteiger partial charge in [0.15, 0.2) is 0 Å². The van der Waals surface area contributed by atoms with E-state index in [1.54, 1.807) is 9.80 Å². The zero-order valence-corrected chi connectivity index (χ0v) is 12.0. The van der Waals surface area contributed by atoms with Crippen molar-refractivity contribution in [3.8, 4) is 0 Å². The Hall–Kier alpha value is -1.71. The summed E-state index contributed by atoms with van der Waals surface area (Å²) in [7, 11) is -3.93. The van der Waals surface area contributed by atoms with Crippen molar-refractivity contribution in [1.29, 1.82) is 0 Å². The van der Waals surface area contributed by atoms with E-state index >= 15 is 0 Å². The van der Waals surface area contributed by atoms with Gasteiger partial charge < -0.3 is 10.0 Å². The molecule has 0 aromatic heterocycles. The van der Waals surface area contributed by atoms with Crippen molar-refractivity contribution in [2.24, 2.45) is 5.14 Å². The minimum Gasteiger partial charge on any atom is -0.480 e. The van der Waals surface area contributed by atoms with E-state index in [4.69, 9.17) is 10.2 Å². The van der Waals surface area contributed by atoms with Gasteiger partial charge in [0, 0.05) is 26.2 Å². The molecule has 1 aliphatic rings. The molecule has 2 rings (SSSR count). The van der Waals surface area contributed by atoms with Crippen LogP contribution in [0.4, 0.5) is 10.1 Å². The monoisotopic (exact) mass is 317 g/mol. The maximum absolute atomic E-state index is 14.0. The first kappa shape index (κ1) is 15.7. The Kier molecular flexibility index (Phi) is 4.45. The number of nitrogens with two attached hydrogens (primary N) is 1. The summed E-state index contributed by atoms with van der Waals surface area (Å²) in [5.41, 5.74) is 0.289. The molecule has 3 N–H and O–H groups in total. The molecule has 0 radical (unpaired) electrons. The van der Waals surface area contributed by atoms with Crippen molar-refractivity contribution in [2.45, 2.75) is 4.90 Å². The number of halogens is 1. The van der Waals surface area contributed by atoms with Crippen LogP contribution in [0.1, 0.15) is 0 Å². The molecule has 0 unspecified atom stereocenters. The van der Waals surface area contributed by atoms with Gasteiger partial charge in [-0.1, -0.05) is 0 Å². The molecule has 1 fully saturated rings. The zero-order valence-electron chi connectivity index (χ0n) is 11.2. The van der Waals surface area contributed by atoms with Gasteiger partial charge in [-0.2, -0.15) is 0 Å². The molecular formula is C12H16FN3O4S. The number of sulfonamides is 1. The number of hydrogen-bond donors (Lipinski definition) is 2. The Morgan fingerprint density at radius 2 is 1.90 bits per heavy atom. The summed E-state index contributed by atoms with van der Waals surface area (Å²) in [6, 6.07) is 3.54. The fourth-order valence-electron chi connectivity index (χ4n) is 2.26. The quantitative estimate of drug-likeness (QED) is 0.789. The fourth-order valence-corrected chi connectivity index (χ4v) is 2.78. The number of piperazine rings is 1. The molecule has 0 aliphatic carbocycles. The average molecular weight is 317 g/mol. The number of carboxylic acids is 1. The van der Waals surface area contributed by atoms with Crippen LogP contribution in [0.5, 0.6) is 0 Å². The molecule has 9 heteroatoms. The number of primary sulfonamides is 1. The molecule has 7 nitrogen and oxygen atoms in total. The highest BCUT2D eigenvalue weighted by Crippen LogP contribution is 2.23. The van der Waals surface area contributed by atoms with E-state index in [0.717, 1.165) is 6.07 Å². The lowest BCUT2D eigenvalue weighted by molar-refractivity contribution is -0.138. The van der Waals surface area contributed by atoms with Crippen molar-refractivity contribution in [3.05, 3.63) is 24.0 Å². The summed E-state index contributed by atoms with van der Waals surface area (Å²) in [4.78, 5) is 13.9. The van der Waals surface area contributed by atoms with Gasteiger partial charge in [0.1, 0.15) is 5.82 Å². The second-order valence-corrected chi connectivity index (χ2v) is 6.38. The van der Waals surface area contributed by atoms with Crippen LogP contribution in [0, 0.1) is 5.82 Å². The van der Waals surface area contributed by atoms with E-state index in [2.05, 4.69) is 0 Å². The molecule has 1 aliphatic heterocycles. The van der Waals surface area contributed by atoms with Gasteiger partial charge in [-0.3, -0.25) is 9.69 Å². The van der Waals surface area contributed by atoms with E-state index in [1.807, 2.05) is 0 Å². The summed E-state index contributed by atoms with van der Waals surface area (Å²) in [5.74, 6) is -1.56. The van der Waals surface area contributed by atoms with E-state index in [1.165, 1.54) is 12.1 Å². The van der Waals surface area contributed by atoms with Crippen molar-refractivity contribution in [1.82, 2.24) is 4.90 Å². The maximum Gasteiger partial charge on any atom is 0.317 e. The lowest BCUT2D eigenvalue weighted by Gasteiger charge is -2.35. The molecule has 1 aromatic carbocycles. The van der Waals surface area contributed by atoms with Crippen LogP contribution in [0.25, 0.3) is 0 Å². The normalized spacial score (nSPS) is 17.0. The van der Waals surface area contributed by atoms with Gasteiger partial charge in [-0.05, 0) is 18.2 Å². The van der Waals surface area contributed by atoms with E-state index < -0.39 is 21.8 Å². The number of hydrogen-bond acceptors (Lipinski definition) is 5. The van der Waals surface area contributed by atoms with Crippen molar-refractivity contribution in [3.63, 3.8) is 0 Å². The molecule has 116 valence electrons. The number of benzene rings is 1. The Morgan fingerprint density at radius 1 is 1.29 bits per heavy atom. The zero-order chi connectivity index (χ0) is 15.6. The smallest absolute Gasteiger partial charge is 0.317 e. The third-order valence-electron chi connectivity index (χ3n) is 3.32. The number of carbonyl (C=O) groups is 1. The van der Waals surface area contributed by atoms with Crippen molar-refractivity contribution in [2.75, 3.05) is 37.6 Å². The van der Waals surface area contributed by atoms with Crippen LogP contribution in [0.15, 0.2) is 23.1 Å². The molecule has 0 amide bonds. The van der Waals surface area contributed by atoms with Gasteiger partial charge >= 0.3 is 5.97 Å². The summed E-state index contributed by atoms with van der Waals surface area (Å²) in [5, 5.41) is 13.7. The minimum absolute atomic E-state index is 0.0410. The predicted molar refractivity (Wildman–Crippen MR) is 74.1 cm³/mol. The summed E-state index contributed by atoms with van der Waals surface area (Å²) < 4.78 is 36.3. The van der Waals surface area contributed by atoms with Crippen LogP contribution >= 0.6 is 0 Å². The first-order valence-electron chi connectivity index (χ1n) is 6.29. The molecule has 1 aromatic rings.